The molecule has 0 aliphatic rings. The highest BCUT2D eigenvalue weighted by atomic mass is 79.9. The van der Waals surface area contributed by atoms with E-state index in [0.29, 0.717) is 5.02 Å². The molecule has 1 nitrogen and oxygen atoms in total. The van der Waals surface area contributed by atoms with Crippen molar-refractivity contribution < 1.29 is 5.11 Å². The molecule has 1 unspecified atom stereocenters. The van der Waals surface area contributed by atoms with E-state index in [0.717, 1.165) is 24.3 Å². The van der Waals surface area contributed by atoms with Crippen molar-refractivity contribution in [2.24, 2.45) is 0 Å². The zero-order chi connectivity index (χ0) is 12.6. The van der Waals surface area contributed by atoms with Crippen LogP contribution in [0, 0.1) is 6.92 Å². The Morgan fingerprint density at radius 1 is 1.24 bits per heavy atom. The molecule has 1 aromatic heterocycles. The van der Waals surface area contributed by atoms with Gasteiger partial charge in [0.05, 0.1) is 7.57 Å². The summed E-state index contributed by atoms with van der Waals surface area (Å²) in [6.45, 7) is 1.97. The van der Waals surface area contributed by atoms with Crippen molar-refractivity contribution in [1.29, 1.82) is 0 Å². The minimum atomic E-state index is -0.708. The van der Waals surface area contributed by atoms with Gasteiger partial charge in [-0.2, -0.15) is 0 Å². The molecule has 1 atom stereocenters. The third-order valence-corrected chi connectivity index (χ3v) is 5.14. The van der Waals surface area contributed by atoms with Crippen LogP contribution < -0.4 is 0 Å². The van der Waals surface area contributed by atoms with Crippen molar-refractivity contribution in [1.82, 2.24) is 0 Å². The highest BCUT2D eigenvalue weighted by molar-refractivity contribution is 9.12. The molecule has 0 saturated carbocycles. The Balaban J connectivity index is 2.43. The van der Waals surface area contributed by atoms with Gasteiger partial charge in [0.1, 0.15) is 6.10 Å². The molecule has 0 bridgehead atoms. The predicted octanol–water partition coefficient (Wildman–Crippen LogP) is 5.32. The molecule has 2 aromatic rings. The Kier molecular flexibility index (Phi) is 4.31. The number of benzene rings is 1. The molecule has 0 amide bonds. The minimum absolute atomic E-state index is 0.590. The van der Waals surface area contributed by atoms with Gasteiger partial charge in [0.2, 0.25) is 0 Å². The quantitative estimate of drug-likeness (QED) is 0.729. The van der Waals surface area contributed by atoms with Crippen LogP contribution in [0.15, 0.2) is 31.8 Å². The largest absolute Gasteiger partial charge is 0.384 e. The zero-order valence-corrected chi connectivity index (χ0v) is 13.6. The fourth-order valence-corrected chi connectivity index (χ4v) is 4.78. The number of halogens is 3. The fourth-order valence-electron chi connectivity index (χ4n) is 1.56. The summed E-state index contributed by atoms with van der Waals surface area (Å²) < 4.78 is 1.88. The van der Waals surface area contributed by atoms with Crippen LogP contribution >= 0.6 is 54.8 Å². The molecule has 0 fully saturated rings. The maximum absolute atomic E-state index is 10.3. The maximum Gasteiger partial charge on any atom is 0.107 e. The van der Waals surface area contributed by atoms with Crippen LogP contribution in [-0.2, 0) is 0 Å². The summed E-state index contributed by atoms with van der Waals surface area (Å²) in [6.07, 6.45) is -0.708. The number of aliphatic hydroxyl groups excluding tert-OH is 1. The minimum Gasteiger partial charge on any atom is -0.384 e. The fraction of sp³-hybridized carbons (Fsp3) is 0.167. The first-order valence-electron chi connectivity index (χ1n) is 4.88. The van der Waals surface area contributed by atoms with Gasteiger partial charge in [-0.3, -0.25) is 0 Å². The molecular formula is C12H9Br2ClOS. The van der Waals surface area contributed by atoms with E-state index in [2.05, 4.69) is 31.9 Å². The van der Waals surface area contributed by atoms with E-state index in [1.54, 1.807) is 0 Å². The summed E-state index contributed by atoms with van der Waals surface area (Å²) in [6, 6.07) is 7.56. The standard InChI is InChI=1S/C12H9Br2ClOS/c1-6-2-3-7(9(15)4-6)11(16)8-5-10(13)17-12(8)14/h2-5,11,16H,1H3. The van der Waals surface area contributed by atoms with Crippen LogP contribution in [0.3, 0.4) is 0 Å². The van der Waals surface area contributed by atoms with Crippen molar-refractivity contribution in [3.8, 4) is 0 Å². The molecule has 0 radical (unpaired) electrons. The van der Waals surface area contributed by atoms with E-state index in [9.17, 15) is 5.11 Å². The van der Waals surface area contributed by atoms with E-state index >= 15 is 0 Å². The van der Waals surface area contributed by atoms with Gasteiger partial charge in [0.15, 0.2) is 0 Å². The second-order valence-corrected chi connectivity index (χ2v) is 7.86. The molecule has 5 heteroatoms. The van der Waals surface area contributed by atoms with Gasteiger partial charge in [0, 0.05) is 16.1 Å². The first kappa shape index (κ1) is 13.6. The van der Waals surface area contributed by atoms with Crippen molar-refractivity contribution in [2.75, 3.05) is 0 Å². The Morgan fingerprint density at radius 3 is 2.47 bits per heavy atom. The monoisotopic (exact) mass is 394 g/mol. The Bertz CT molecular complexity index is 553. The predicted molar refractivity (Wildman–Crippen MR) is 80.0 cm³/mol. The number of aliphatic hydroxyl groups is 1. The topological polar surface area (TPSA) is 20.2 Å². The lowest BCUT2D eigenvalue weighted by Crippen LogP contribution is -1.99. The summed E-state index contributed by atoms with van der Waals surface area (Å²) in [5.41, 5.74) is 2.63. The number of hydrogen-bond donors (Lipinski definition) is 1. The molecule has 2 rings (SSSR count). The third kappa shape index (κ3) is 2.93. The average molecular weight is 397 g/mol. The highest BCUT2D eigenvalue weighted by Crippen LogP contribution is 2.39. The van der Waals surface area contributed by atoms with E-state index in [1.165, 1.54) is 11.3 Å². The smallest absolute Gasteiger partial charge is 0.107 e. The Labute approximate surface area is 126 Å². The summed E-state index contributed by atoms with van der Waals surface area (Å²) in [4.78, 5) is 0. The molecule has 1 aromatic carbocycles. The van der Waals surface area contributed by atoms with Crippen molar-refractivity contribution in [3.63, 3.8) is 0 Å². The van der Waals surface area contributed by atoms with Gasteiger partial charge in [-0.05, 0) is 56.5 Å². The first-order valence-corrected chi connectivity index (χ1v) is 7.66. The summed E-state index contributed by atoms with van der Waals surface area (Å²) in [5, 5.41) is 10.9. The number of rotatable bonds is 2. The third-order valence-electron chi connectivity index (χ3n) is 2.43. The molecular weight excluding hydrogens is 387 g/mol. The molecule has 0 aliphatic heterocycles. The van der Waals surface area contributed by atoms with E-state index in [4.69, 9.17) is 11.6 Å². The summed E-state index contributed by atoms with van der Waals surface area (Å²) in [7, 11) is 0. The van der Waals surface area contributed by atoms with Crippen molar-refractivity contribution in [3.05, 3.63) is 53.6 Å². The van der Waals surface area contributed by atoms with E-state index < -0.39 is 6.10 Å². The number of thiophene rings is 1. The van der Waals surface area contributed by atoms with Crippen LogP contribution in [0.25, 0.3) is 0 Å². The van der Waals surface area contributed by atoms with Crippen LogP contribution in [0.2, 0.25) is 5.02 Å². The van der Waals surface area contributed by atoms with Crippen molar-refractivity contribution in [2.45, 2.75) is 13.0 Å². The van der Waals surface area contributed by atoms with Gasteiger partial charge in [-0.1, -0.05) is 23.7 Å². The summed E-state index contributed by atoms with van der Waals surface area (Å²) in [5.74, 6) is 0. The van der Waals surface area contributed by atoms with Crippen LogP contribution in [0.5, 0.6) is 0 Å². The molecule has 17 heavy (non-hydrogen) atoms. The van der Waals surface area contributed by atoms with Gasteiger partial charge in [0.25, 0.3) is 0 Å². The summed E-state index contributed by atoms with van der Waals surface area (Å²) >= 11 is 14.5. The lowest BCUT2D eigenvalue weighted by molar-refractivity contribution is 0.220. The lowest BCUT2D eigenvalue weighted by Gasteiger charge is -2.12. The van der Waals surface area contributed by atoms with Crippen LogP contribution in [0.4, 0.5) is 0 Å². The molecule has 0 aliphatic carbocycles. The molecule has 0 saturated heterocycles. The van der Waals surface area contributed by atoms with Gasteiger partial charge >= 0.3 is 0 Å². The first-order chi connectivity index (χ1) is 7.99. The number of aryl methyl sites for hydroxylation is 1. The van der Waals surface area contributed by atoms with Gasteiger partial charge in [-0.25, -0.2) is 0 Å². The van der Waals surface area contributed by atoms with Crippen molar-refractivity contribution >= 4 is 54.8 Å². The normalized spacial score (nSPS) is 12.8. The molecule has 0 spiro atoms. The molecule has 1 heterocycles. The van der Waals surface area contributed by atoms with Crippen LogP contribution in [0.1, 0.15) is 22.8 Å². The van der Waals surface area contributed by atoms with Gasteiger partial charge < -0.3 is 5.11 Å². The average Bonchev–Trinajstić information content (AvgIpc) is 2.57. The second kappa shape index (κ2) is 5.41. The lowest BCUT2D eigenvalue weighted by atomic mass is 10.0. The molecule has 90 valence electrons. The van der Waals surface area contributed by atoms with E-state index in [1.807, 2.05) is 31.2 Å². The zero-order valence-electron chi connectivity index (χ0n) is 8.88. The SMILES string of the molecule is Cc1ccc(C(O)c2cc(Br)sc2Br)c(Cl)c1. The van der Waals surface area contributed by atoms with E-state index in [-0.39, 0.29) is 0 Å². The number of hydrogen-bond acceptors (Lipinski definition) is 2. The maximum atomic E-state index is 10.3. The highest BCUT2D eigenvalue weighted by Gasteiger charge is 2.18. The van der Waals surface area contributed by atoms with Gasteiger partial charge in [-0.15, -0.1) is 11.3 Å². The second-order valence-electron chi connectivity index (χ2n) is 3.71. The Hall–Kier alpha value is 0.130. The van der Waals surface area contributed by atoms with Crippen LogP contribution in [-0.4, -0.2) is 5.11 Å². The molecule has 1 N–H and O–H groups in total. The Morgan fingerprint density at radius 2 is 1.94 bits per heavy atom.